The fourth-order valence-corrected chi connectivity index (χ4v) is 9.66. The smallest absolute Gasteiger partial charge is 0.159 e. The molecular weight excluding hydrogens is 707 g/mol. The molecule has 1 aliphatic carbocycles. The first-order chi connectivity index (χ1) is 28.8. The lowest BCUT2D eigenvalue weighted by Crippen LogP contribution is -2.28. The van der Waals surface area contributed by atoms with Crippen LogP contribution in [0.5, 0.6) is 0 Å². The highest BCUT2D eigenvalue weighted by molar-refractivity contribution is 6.13. The first kappa shape index (κ1) is 32.6. The van der Waals surface area contributed by atoms with E-state index in [9.17, 15) is 0 Å². The Morgan fingerprint density at radius 2 is 0.914 bits per heavy atom. The monoisotopic (exact) mass is 741 g/mol. The molecule has 2 heterocycles. The number of hydrogen-bond donors (Lipinski definition) is 0. The fraction of sp³-hybridized carbons (Fsp3) is 0.0182. The maximum absolute atomic E-state index is 7.00. The van der Waals surface area contributed by atoms with Gasteiger partial charge in [-0.1, -0.05) is 164 Å². The Morgan fingerprint density at radius 3 is 1.67 bits per heavy atom. The van der Waals surface area contributed by atoms with Gasteiger partial charge in [-0.05, 0) is 87.5 Å². The molecule has 0 radical (unpaired) electrons. The van der Waals surface area contributed by atoms with Crippen molar-refractivity contribution in [3.63, 3.8) is 0 Å². The van der Waals surface area contributed by atoms with E-state index in [2.05, 4.69) is 205 Å². The van der Waals surface area contributed by atoms with Crippen molar-refractivity contribution in [2.24, 2.45) is 0 Å². The zero-order valence-corrected chi connectivity index (χ0v) is 31.5. The highest BCUT2D eigenvalue weighted by atomic mass is 16.3. The van der Waals surface area contributed by atoms with Gasteiger partial charge in [-0.2, -0.15) is 0 Å². The molecule has 2 aromatic heterocycles. The van der Waals surface area contributed by atoms with E-state index in [-0.39, 0.29) is 0 Å². The minimum absolute atomic E-state index is 0.488. The molecule has 272 valence electrons. The van der Waals surface area contributed by atoms with E-state index in [0.29, 0.717) is 0 Å². The highest BCUT2D eigenvalue weighted by Crippen LogP contribution is 2.57. The minimum Gasteiger partial charge on any atom is -0.455 e. The van der Waals surface area contributed by atoms with Crippen LogP contribution in [0, 0.1) is 0 Å². The van der Waals surface area contributed by atoms with Crippen LogP contribution in [0.3, 0.4) is 0 Å². The molecule has 0 aliphatic heterocycles. The summed E-state index contributed by atoms with van der Waals surface area (Å²) in [7, 11) is 0. The first-order valence-electron chi connectivity index (χ1n) is 19.8. The second kappa shape index (κ2) is 12.7. The molecule has 0 saturated carbocycles. The number of rotatable bonds is 6. The molecule has 0 saturated heterocycles. The van der Waals surface area contributed by atoms with Crippen molar-refractivity contribution in [2.75, 3.05) is 4.90 Å². The van der Waals surface area contributed by atoms with Crippen molar-refractivity contribution in [3.8, 4) is 22.3 Å². The predicted molar refractivity (Wildman–Crippen MR) is 238 cm³/mol. The van der Waals surface area contributed by atoms with Crippen LogP contribution in [-0.4, -0.2) is 0 Å². The van der Waals surface area contributed by atoms with Gasteiger partial charge in [-0.15, -0.1) is 0 Å². The Kier molecular flexibility index (Phi) is 7.14. The summed E-state index contributed by atoms with van der Waals surface area (Å²) in [6.07, 6.45) is 0. The van der Waals surface area contributed by atoms with Gasteiger partial charge in [-0.3, -0.25) is 0 Å². The molecule has 0 N–H and O–H groups in total. The second-order valence-electron chi connectivity index (χ2n) is 15.2. The molecule has 0 unspecified atom stereocenters. The summed E-state index contributed by atoms with van der Waals surface area (Å²) in [5.41, 5.74) is 15.8. The van der Waals surface area contributed by atoms with Crippen LogP contribution in [0.4, 0.5) is 17.1 Å². The zero-order chi connectivity index (χ0) is 38.2. The van der Waals surface area contributed by atoms with E-state index in [4.69, 9.17) is 8.83 Å². The third-order valence-electron chi connectivity index (χ3n) is 12.2. The standard InChI is InChI=1S/C55H35NO2/c1-4-16-37(17-5-1)55(38-18-6-2-7-19-38)48-27-12-10-22-42(48)46-34-47-45-25-14-24-41(53(45)58-52(47)35-49(46)55)36-30-32-40(33-31-36)56(39-20-8-3-9-21-39)50-28-15-26-44-43-23-11-13-29-51(43)57-54(44)50/h1-35H. The van der Waals surface area contributed by atoms with Gasteiger partial charge in [-0.25, -0.2) is 0 Å². The van der Waals surface area contributed by atoms with Gasteiger partial charge in [0.25, 0.3) is 0 Å². The van der Waals surface area contributed by atoms with Gasteiger partial charge in [0.1, 0.15) is 16.7 Å². The summed E-state index contributed by atoms with van der Waals surface area (Å²) in [6.45, 7) is 0. The number of hydrogen-bond acceptors (Lipinski definition) is 3. The molecule has 3 nitrogen and oxygen atoms in total. The van der Waals surface area contributed by atoms with Crippen LogP contribution in [0.25, 0.3) is 66.1 Å². The Balaban J connectivity index is 1.02. The second-order valence-corrected chi connectivity index (χ2v) is 15.2. The lowest BCUT2D eigenvalue weighted by atomic mass is 9.67. The molecule has 0 amide bonds. The van der Waals surface area contributed by atoms with Crippen LogP contribution in [0.2, 0.25) is 0 Å². The van der Waals surface area contributed by atoms with Crippen LogP contribution < -0.4 is 4.90 Å². The van der Waals surface area contributed by atoms with Gasteiger partial charge in [0, 0.05) is 38.5 Å². The quantitative estimate of drug-likeness (QED) is 0.170. The third-order valence-corrected chi connectivity index (χ3v) is 12.2. The molecule has 0 fully saturated rings. The summed E-state index contributed by atoms with van der Waals surface area (Å²) in [5.74, 6) is 0. The van der Waals surface area contributed by atoms with E-state index in [1.165, 1.54) is 33.4 Å². The maximum atomic E-state index is 7.00. The summed E-state index contributed by atoms with van der Waals surface area (Å²) < 4.78 is 13.5. The van der Waals surface area contributed by atoms with Gasteiger partial charge in [0.15, 0.2) is 5.58 Å². The normalized spacial score (nSPS) is 13.0. The topological polar surface area (TPSA) is 29.5 Å². The Labute approximate surface area is 335 Å². The molecule has 58 heavy (non-hydrogen) atoms. The van der Waals surface area contributed by atoms with Crippen LogP contribution in [0.15, 0.2) is 221 Å². The highest BCUT2D eigenvalue weighted by Gasteiger charge is 2.46. The van der Waals surface area contributed by atoms with Crippen LogP contribution in [-0.2, 0) is 5.41 Å². The summed E-state index contributed by atoms with van der Waals surface area (Å²) >= 11 is 0. The lowest BCUT2D eigenvalue weighted by Gasteiger charge is -2.33. The summed E-state index contributed by atoms with van der Waals surface area (Å²) in [4.78, 5) is 2.28. The summed E-state index contributed by atoms with van der Waals surface area (Å²) in [6, 6.07) is 75.9. The van der Waals surface area contributed by atoms with Crippen molar-refractivity contribution < 1.29 is 8.83 Å². The Hall–Kier alpha value is -7.62. The molecule has 3 heteroatoms. The van der Waals surface area contributed by atoms with Crippen LogP contribution >= 0.6 is 0 Å². The van der Waals surface area contributed by atoms with E-state index in [1.807, 2.05) is 12.1 Å². The average Bonchev–Trinajstić information content (AvgIpc) is 3.95. The Morgan fingerprint density at radius 1 is 0.345 bits per heavy atom. The van der Waals surface area contributed by atoms with Crippen LogP contribution in [0.1, 0.15) is 22.3 Å². The number of anilines is 3. The molecule has 9 aromatic carbocycles. The van der Waals surface area contributed by atoms with Gasteiger partial charge >= 0.3 is 0 Å². The van der Waals surface area contributed by atoms with E-state index < -0.39 is 5.41 Å². The molecule has 0 spiro atoms. The molecular formula is C55H35NO2. The maximum Gasteiger partial charge on any atom is 0.159 e. The van der Waals surface area contributed by atoms with Gasteiger partial charge in [0.2, 0.25) is 0 Å². The molecule has 1 aliphatic rings. The van der Waals surface area contributed by atoms with Gasteiger partial charge in [0.05, 0.1) is 11.1 Å². The SMILES string of the molecule is c1ccc(N(c2ccc(-c3cccc4c3oc3cc5c(cc34)-c3ccccc3C5(c3ccccc3)c3ccccc3)cc2)c2cccc3c2oc2ccccc23)cc1. The predicted octanol–water partition coefficient (Wildman–Crippen LogP) is 15.0. The van der Waals surface area contributed by atoms with Crippen molar-refractivity contribution in [1.29, 1.82) is 0 Å². The van der Waals surface area contributed by atoms with Crippen molar-refractivity contribution in [2.45, 2.75) is 5.41 Å². The van der Waals surface area contributed by atoms with E-state index in [0.717, 1.165) is 72.1 Å². The van der Waals surface area contributed by atoms with Crippen molar-refractivity contribution >= 4 is 60.9 Å². The van der Waals surface area contributed by atoms with Gasteiger partial charge < -0.3 is 13.7 Å². The third kappa shape index (κ3) is 4.68. The van der Waals surface area contributed by atoms with Crippen molar-refractivity contribution in [3.05, 3.63) is 235 Å². The average molecular weight is 742 g/mol. The zero-order valence-electron chi connectivity index (χ0n) is 31.5. The van der Waals surface area contributed by atoms with E-state index in [1.54, 1.807) is 0 Å². The fourth-order valence-electron chi connectivity index (χ4n) is 9.66. The number of fused-ring (bicyclic) bond motifs is 9. The molecule has 11 aromatic rings. The minimum atomic E-state index is -0.488. The number of nitrogens with zero attached hydrogens (tertiary/aromatic N) is 1. The van der Waals surface area contributed by atoms with E-state index >= 15 is 0 Å². The first-order valence-corrected chi connectivity index (χ1v) is 19.8. The Bertz CT molecular complexity index is 3290. The summed E-state index contributed by atoms with van der Waals surface area (Å²) in [5, 5.41) is 4.44. The largest absolute Gasteiger partial charge is 0.455 e. The number of furan rings is 2. The van der Waals surface area contributed by atoms with Crippen molar-refractivity contribution in [1.82, 2.24) is 0 Å². The number of para-hydroxylation sites is 4. The lowest BCUT2D eigenvalue weighted by molar-refractivity contribution is 0.667. The number of benzene rings is 9. The molecule has 0 bridgehead atoms. The molecule has 0 atom stereocenters. The molecule has 12 rings (SSSR count).